The van der Waals surface area contributed by atoms with E-state index in [-0.39, 0.29) is 17.8 Å². The summed E-state index contributed by atoms with van der Waals surface area (Å²) >= 11 is 0. The van der Waals surface area contributed by atoms with Crippen LogP contribution in [0.5, 0.6) is 0 Å². The van der Waals surface area contributed by atoms with E-state index in [0.29, 0.717) is 17.2 Å². The highest BCUT2D eigenvalue weighted by atomic mass is 16.4. The van der Waals surface area contributed by atoms with Gasteiger partial charge in [-0.25, -0.2) is 0 Å². The quantitative estimate of drug-likeness (QED) is 0.341. The van der Waals surface area contributed by atoms with Crippen molar-refractivity contribution in [2.75, 3.05) is 0 Å². The van der Waals surface area contributed by atoms with Gasteiger partial charge in [-0.2, -0.15) is 0 Å². The number of carbonyl (C=O) groups excluding carboxylic acids is 1. The minimum atomic E-state index is -0.181. The molecular formula is C15H22N4O2. The first-order valence-corrected chi connectivity index (χ1v) is 7.36. The van der Waals surface area contributed by atoms with Gasteiger partial charge >= 0.3 is 0 Å². The SMILES string of the molecule is CC(NC(=O)c1ccc(C(N)=NO)cn1)C1CCCCC1. The summed E-state index contributed by atoms with van der Waals surface area (Å²) in [4.78, 5) is 16.2. The number of nitrogens with two attached hydrogens (primary N) is 1. The van der Waals surface area contributed by atoms with Crippen molar-refractivity contribution in [3.05, 3.63) is 29.6 Å². The van der Waals surface area contributed by atoms with Gasteiger partial charge in [0, 0.05) is 17.8 Å². The molecule has 1 atom stereocenters. The van der Waals surface area contributed by atoms with Crippen LogP contribution in [0.2, 0.25) is 0 Å². The third-order valence-electron chi connectivity index (χ3n) is 4.12. The van der Waals surface area contributed by atoms with Crippen LogP contribution >= 0.6 is 0 Å². The van der Waals surface area contributed by atoms with Gasteiger partial charge in [0.05, 0.1) is 0 Å². The van der Waals surface area contributed by atoms with Crippen molar-refractivity contribution >= 4 is 11.7 Å². The molecule has 1 heterocycles. The van der Waals surface area contributed by atoms with Crippen LogP contribution in [0, 0.1) is 5.92 Å². The van der Waals surface area contributed by atoms with E-state index >= 15 is 0 Å². The van der Waals surface area contributed by atoms with Gasteiger partial charge in [0.1, 0.15) is 5.69 Å². The first-order valence-electron chi connectivity index (χ1n) is 7.36. The first kappa shape index (κ1) is 15.3. The predicted octanol–water partition coefficient (Wildman–Crippen LogP) is 1.87. The molecule has 0 spiro atoms. The fraction of sp³-hybridized carbons (Fsp3) is 0.533. The van der Waals surface area contributed by atoms with E-state index in [1.54, 1.807) is 12.1 Å². The van der Waals surface area contributed by atoms with Crippen LogP contribution in [0.3, 0.4) is 0 Å². The number of oxime groups is 1. The molecule has 21 heavy (non-hydrogen) atoms. The molecule has 0 aliphatic heterocycles. The molecule has 6 nitrogen and oxygen atoms in total. The van der Waals surface area contributed by atoms with Gasteiger partial charge in [0.2, 0.25) is 0 Å². The van der Waals surface area contributed by atoms with Crippen molar-refractivity contribution in [3.8, 4) is 0 Å². The van der Waals surface area contributed by atoms with Crippen molar-refractivity contribution in [2.45, 2.75) is 45.1 Å². The lowest BCUT2D eigenvalue weighted by Crippen LogP contribution is -2.39. The van der Waals surface area contributed by atoms with Crippen molar-refractivity contribution < 1.29 is 10.0 Å². The molecule has 0 saturated heterocycles. The molecule has 1 fully saturated rings. The Bertz CT molecular complexity index is 507. The van der Waals surface area contributed by atoms with Crippen LogP contribution < -0.4 is 11.1 Å². The Morgan fingerprint density at radius 3 is 2.71 bits per heavy atom. The zero-order chi connectivity index (χ0) is 15.2. The van der Waals surface area contributed by atoms with Gasteiger partial charge in [-0.15, -0.1) is 0 Å². The Morgan fingerprint density at radius 1 is 1.43 bits per heavy atom. The monoisotopic (exact) mass is 290 g/mol. The summed E-state index contributed by atoms with van der Waals surface area (Å²) in [6.07, 6.45) is 7.58. The van der Waals surface area contributed by atoms with Gasteiger partial charge in [-0.1, -0.05) is 24.4 Å². The van der Waals surface area contributed by atoms with Gasteiger partial charge in [-0.05, 0) is 37.8 Å². The number of aromatic nitrogens is 1. The van der Waals surface area contributed by atoms with Crippen LogP contribution in [0.4, 0.5) is 0 Å². The van der Waals surface area contributed by atoms with Crippen LogP contribution in [0.1, 0.15) is 55.1 Å². The number of rotatable bonds is 4. The summed E-state index contributed by atoms with van der Waals surface area (Å²) in [5.41, 5.74) is 6.28. The average Bonchev–Trinajstić information content (AvgIpc) is 2.55. The third-order valence-corrected chi connectivity index (χ3v) is 4.12. The standard InChI is InChI=1S/C15H22N4O2/c1-10(11-5-3-2-4-6-11)18-15(20)13-8-7-12(9-17-13)14(16)19-21/h7-11,21H,2-6H2,1H3,(H2,16,19)(H,18,20). The number of nitrogens with one attached hydrogen (secondary N) is 1. The summed E-state index contributed by atoms with van der Waals surface area (Å²) in [5, 5.41) is 14.5. The average molecular weight is 290 g/mol. The number of nitrogens with zero attached hydrogens (tertiary/aromatic N) is 2. The predicted molar refractivity (Wildman–Crippen MR) is 80.3 cm³/mol. The number of pyridine rings is 1. The van der Waals surface area contributed by atoms with Crippen molar-refractivity contribution in [2.24, 2.45) is 16.8 Å². The maximum Gasteiger partial charge on any atom is 0.270 e. The van der Waals surface area contributed by atoms with Crippen LogP contribution in [0.15, 0.2) is 23.5 Å². The fourth-order valence-corrected chi connectivity index (χ4v) is 2.77. The van der Waals surface area contributed by atoms with E-state index < -0.39 is 0 Å². The van der Waals surface area contributed by atoms with E-state index in [2.05, 4.69) is 22.4 Å². The Kier molecular flexibility index (Phi) is 5.14. The molecule has 1 aromatic heterocycles. The second-order valence-corrected chi connectivity index (χ2v) is 5.58. The van der Waals surface area contributed by atoms with E-state index in [9.17, 15) is 4.79 Å². The third kappa shape index (κ3) is 3.93. The summed E-state index contributed by atoms with van der Waals surface area (Å²) in [6, 6.07) is 3.35. The van der Waals surface area contributed by atoms with E-state index in [1.165, 1.54) is 38.3 Å². The Labute approximate surface area is 124 Å². The maximum absolute atomic E-state index is 12.2. The molecule has 1 aromatic rings. The molecule has 1 amide bonds. The van der Waals surface area contributed by atoms with Gasteiger partial charge < -0.3 is 16.3 Å². The minimum absolute atomic E-state index is 0.0231. The fourth-order valence-electron chi connectivity index (χ4n) is 2.77. The highest BCUT2D eigenvalue weighted by Crippen LogP contribution is 2.26. The highest BCUT2D eigenvalue weighted by molar-refractivity contribution is 5.98. The molecular weight excluding hydrogens is 268 g/mol. The first-order chi connectivity index (χ1) is 10.1. The number of amidine groups is 1. The Balaban J connectivity index is 1.96. The molecule has 6 heteroatoms. The molecule has 0 bridgehead atoms. The largest absolute Gasteiger partial charge is 0.409 e. The van der Waals surface area contributed by atoms with Crippen molar-refractivity contribution in [3.63, 3.8) is 0 Å². The van der Waals surface area contributed by atoms with E-state index in [4.69, 9.17) is 10.9 Å². The van der Waals surface area contributed by atoms with Crippen LogP contribution in [-0.4, -0.2) is 28.0 Å². The molecule has 1 saturated carbocycles. The second-order valence-electron chi connectivity index (χ2n) is 5.58. The number of hydrogen-bond donors (Lipinski definition) is 3. The Morgan fingerprint density at radius 2 is 2.14 bits per heavy atom. The van der Waals surface area contributed by atoms with Crippen molar-refractivity contribution in [1.82, 2.24) is 10.3 Å². The summed E-state index contributed by atoms with van der Waals surface area (Å²) in [7, 11) is 0. The van der Waals surface area contributed by atoms with Gasteiger partial charge in [0.15, 0.2) is 5.84 Å². The molecule has 2 rings (SSSR count). The van der Waals surface area contributed by atoms with Crippen molar-refractivity contribution in [1.29, 1.82) is 0 Å². The number of hydrogen-bond acceptors (Lipinski definition) is 4. The topological polar surface area (TPSA) is 101 Å². The smallest absolute Gasteiger partial charge is 0.270 e. The minimum Gasteiger partial charge on any atom is -0.409 e. The number of carbonyl (C=O) groups is 1. The van der Waals surface area contributed by atoms with Crippen LogP contribution in [-0.2, 0) is 0 Å². The summed E-state index contributed by atoms with van der Waals surface area (Å²) in [5.74, 6) is 0.350. The molecule has 0 radical (unpaired) electrons. The lowest BCUT2D eigenvalue weighted by Gasteiger charge is -2.28. The molecule has 1 aliphatic carbocycles. The molecule has 4 N–H and O–H groups in total. The normalized spacial score (nSPS) is 18.2. The second kappa shape index (κ2) is 7.06. The molecule has 1 aliphatic rings. The Hall–Kier alpha value is -2.11. The van der Waals surface area contributed by atoms with Gasteiger partial charge in [0.25, 0.3) is 5.91 Å². The maximum atomic E-state index is 12.2. The number of amides is 1. The lowest BCUT2D eigenvalue weighted by atomic mass is 9.84. The zero-order valence-corrected chi connectivity index (χ0v) is 12.2. The molecule has 0 aromatic carbocycles. The lowest BCUT2D eigenvalue weighted by molar-refractivity contribution is 0.0914. The van der Waals surface area contributed by atoms with E-state index in [1.807, 2.05) is 0 Å². The van der Waals surface area contributed by atoms with Crippen LogP contribution in [0.25, 0.3) is 0 Å². The summed E-state index contributed by atoms with van der Waals surface area (Å²) < 4.78 is 0. The molecule has 1 unspecified atom stereocenters. The highest BCUT2D eigenvalue weighted by Gasteiger charge is 2.22. The van der Waals surface area contributed by atoms with Gasteiger partial charge in [-0.3, -0.25) is 9.78 Å². The zero-order valence-electron chi connectivity index (χ0n) is 12.2. The summed E-state index contributed by atoms with van der Waals surface area (Å²) in [6.45, 7) is 2.05. The molecule has 114 valence electrons. The van der Waals surface area contributed by atoms with E-state index in [0.717, 1.165) is 0 Å².